The Morgan fingerprint density at radius 3 is 2.45 bits per heavy atom. The Morgan fingerprint density at radius 2 is 1.77 bits per heavy atom. The minimum atomic E-state index is -0.137. The molecule has 2 N–H and O–H groups in total. The lowest BCUT2D eigenvalue weighted by molar-refractivity contribution is -0.118. The minimum absolute atomic E-state index is 0.0557. The Labute approximate surface area is 191 Å². The number of hydrogen-bond donors (Lipinski definition) is 2. The second kappa shape index (κ2) is 7.49. The molecule has 31 heavy (non-hydrogen) atoms. The Balaban J connectivity index is 1.70. The van der Waals surface area contributed by atoms with Crippen molar-refractivity contribution in [3.05, 3.63) is 81.0 Å². The van der Waals surface area contributed by atoms with E-state index in [1.807, 2.05) is 12.1 Å². The van der Waals surface area contributed by atoms with Gasteiger partial charge in [0.1, 0.15) is 0 Å². The topological polar surface area (TPSA) is 57.8 Å². The van der Waals surface area contributed by atoms with Crippen LogP contribution in [0.1, 0.15) is 56.2 Å². The van der Waals surface area contributed by atoms with Crippen LogP contribution in [0.3, 0.4) is 0 Å². The molecule has 0 saturated heterocycles. The number of fused-ring (bicyclic) bond motifs is 1. The molecule has 0 radical (unpaired) electrons. The normalized spacial score (nSPS) is 19.6. The van der Waals surface area contributed by atoms with Crippen LogP contribution in [0.25, 0.3) is 11.3 Å². The molecule has 2 aliphatic rings. The molecule has 1 atom stereocenters. The van der Waals surface area contributed by atoms with Gasteiger partial charge in [0.05, 0.1) is 5.69 Å². The Morgan fingerprint density at radius 1 is 1.06 bits per heavy atom. The molecule has 1 aromatic heterocycles. The van der Waals surface area contributed by atoms with Gasteiger partial charge in [-0.3, -0.25) is 9.89 Å². The van der Waals surface area contributed by atoms with Gasteiger partial charge in [-0.15, -0.1) is 0 Å². The van der Waals surface area contributed by atoms with E-state index >= 15 is 0 Å². The van der Waals surface area contributed by atoms with Gasteiger partial charge in [-0.2, -0.15) is 5.10 Å². The maximum Gasteiger partial charge on any atom is 0.162 e. The summed E-state index contributed by atoms with van der Waals surface area (Å²) < 4.78 is 1.03. The van der Waals surface area contributed by atoms with Crippen molar-refractivity contribution in [2.75, 3.05) is 5.32 Å². The van der Waals surface area contributed by atoms with Gasteiger partial charge in [-0.25, -0.2) is 0 Å². The fourth-order valence-electron chi connectivity index (χ4n) is 4.91. The zero-order chi connectivity index (χ0) is 21.8. The van der Waals surface area contributed by atoms with E-state index in [1.165, 1.54) is 5.56 Å². The van der Waals surface area contributed by atoms with Crippen molar-refractivity contribution in [1.29, 1.82) is 0 Å². The first-order valence-corrected chi connectivity index (χ1v) is 11.6. The quantitative estimate of drug-likeness (QED) is 0.448. The molecule has 1 aliphatic carbocycles. The molecule has 0 saturated carbocycles. The van der Waals surface area contributed by atoms with Crippen molar-refractivity contribution in [3.8, 4) is 11.3 Å². The number of hydrogen-bond acceptors (Lipinski definition) is 3. The summed E-state index contributed by atoms with van der Waals surface area (Å²) in [7, 11) is 0. The van der Waals surface area contributed by atoms with E-state index in [0.29, 0.717) is 6.42 Å². The van der Waals surface area contributed by atoms with Crippen LogP contribution in [0.15, 0.2) is 64.3 Å². The maximum absolute atomic E-state index is 13.4. The van der Waals surface area contributed by atoms with Crippen molar-refractivity contribution in [1.82, 2.24) is 10.2 Å². The number of carbonyl (C=O) groups excluding carboxylic acids is 1. The van der Waals surface area contributed by atoms with Crippen LogP contribution in [0.4, 0.5) is 5.82 Å². The van der Waals surface area contributed by atoms with E-state index in [0.717, 1.165) is 56.8 Å². The standard InChI is InChI=1S/C26H26BrN3O/c1-4-15-5-7-17(8-6-15)24-23-21(16-9-11-18(27)12-10-16)22-19(28-25(23)30-29-24)13-26(2,3)14-20(22)31/h5-12,21H,4,13-14H2,1-3H3,(H2,28,29,30)/t21-/m1/s1. The highest BCUT2D eigenvalue weighted by molar-refractivity contribution is 9.10. The van der Waals surface area contributed by atoms with Crippen LogP contribution in [-0.4, -0.2) is 16.0 Å². The third-order valence-electron chi connectivity index (χ3n) is 6.42. The minimum Gasteiger partial charge on any atom is -0.342 e. The second-order valence-corrected chi connectivity index (χ2v) is 10.3. The number of benzene rings is 2. The molecule has 0 bridgehead atoms. The third kappa shape index (κ3) is 3.55. The van der Waals surface area contributed by atoms with E-state index in [9.17, 15) is 4.79 Å². The molecule has 4 nitrogen and oxygen atoms in total. The number of aryl methyl sites for hydroxylation is 1. The van der Waals surface area contributed by atoms with Gasteiger partial charge in [-0.05, 0) is 47.1 Å². The highest BCUT2D eigenvalue weighted by atomic mass is 79.9. The molecule has 0 amide bonds. The van der Waals surface area contributed by atoms with Crippen LogP contribution in [0.2, 0.25) is 0 Å². The largest absolute Gasteiger partial charge is 0.342 e. The van der Waals surface area contributed by atoms with Crippen LogP contribution < -0.4 is 5.32 Å². The maximum atomic E-state index is 13.4. The van der Waals surface area contributed by atoms with Gasteiger partial charge in [0.25, 0.3) is 0 Å². The fourth-order valence-corrected chi connectivity index (χ4v) is 5.18. The van der Waals surface area contributed by atoms with Crippen molar-refractivity contribution in [2.24, 2.45) is 5.41 Å². The van der Waals surface area contributed by atoms with E-state index in [4.69, 9.17) is 0 Å². The summed E-state index contributed by atoms with van der Waals surface area (Å²) in [5.74, 6) is 0.917. The van der Waals surface area contributed by atoms with Gasteiger partial charge >= 0.3 is 0 Å². The first-order chi connectivity index (χ1) is 14.9. The van der Waals surface area contributed by atoms with Gasteiger partial charge in [0, 0.05) is 33.6 Å². The summed E-state index contributed by atoms with van der Waals surface area (Å²) in [6.07, 6.45) is 2.41. The van der Waals surface area contributed by atoms with Gasteiger partial charge < -0.3 is 5.32 Å². The van der Waals surface area contributed by atoms with E-state index in [-0.39, 0.29) is 17.1 Å². The first-order valence-electron chi connectivity index (χ1n) is 10.8. The number of rotatable bonds is 3. The number of aromatic nitrogens is 2. The molecule has 0 spiro atoms. The summed E-state index contributed by atoms with van der Waals surface area (Å²) in [5, 5.41) is 11.4. The number of H-pyrrole nitrogens is 1. The molecule has 158 valence electrons. The Hall–Kier alpha value is -2.66. The highest BCUT2D eigenvalue weighted by Gasteiger charge is 2.42. The van der Waals surface area contributed by atoms with Crippen LogP contribution in [0, 0.1) is 5.41 Å². The molecule has 3 aromatic rings. The Bertz CT molecular complexity index is 1190. The van der Waals surface area contributed by atoms with Crippen molar-refractivity contribution < 1.29 is 4.79 Å². The smallest absolute Gasteiger partial charge is 0.162 e. The first kappa shape index (κ1) is 20.3. The summed E-state index contributed by atoms with van der Waals surface area (Å²) in [6.45, 7) is 6.47. The molecule has 2 aromatic carbocycles. The van der Waals surface area contributed by atoms with Gasteiger partial charge in [-0.1, -0.05) is 73.1 Å². The number of anilines is 1. The molecule has 2 heterocycles. The fraction of sp³-hybridized carbons (Fsp3) is 0.308. The average molecular weight is 476 g/mol. The van der Waals surface area contributed by atoms with Gasteiger partial charge in [0.15, 0.2) is 11.6 Å². The molecule has 5 rings (SSSR count). The number of ketones is 1. The monoisotopic (exact) mass is 475 g/mol. The van der Waals surface area contributed by atoms with Crippen LogP contribution in [0.5, 0.6) is 0 Å². The van der Waals surface area contributed by atoms with E-state index in [2.05, 4.69) is 88.6 Å². The number of halogens is 1. The lowest BCUT2D eigenvalue weighted by Gasteiger charge is -2.38. The number of nitrogens with zero attached hydrogens (tertiary/aromatic N) is 1. The van der Waals surface area contributed by atoms with Crippen LogP contribution in [-0.2, 0) is 11.2 Å². The zero-order valence-corrected chi connectivity index (χ0v) is 19.6. The predicted molar refractivity (Wildman–Crippen MR) is 128 cm³/mol. The predicted octanol–water partition coefficient (Wildman–Crippen LogP) is 6.60. The number of Topliss-reactive ketones (excluding diaryl/α,β-unsaturated/α-hetero) is 1. The SMILES string of the molecule is CCc1ccc(-c2[nH]nc3c2[C@H](c2ccc(Br)cc2)C2=C(CC(C)(C)CC2=O)N3)cc1. The molecule has 0 unspecified atom stereocenters. The summed E-state index contributed by atoms with van der Waals surface area (Å²) in [4.78, 5) is 13.4. The van der Waals surface area contributed by atoms with Crippen molar-refractivity contribution in [3.63, 3.8) is 0 Å². The molecule has 1 aliphatic heterocycles. The number of aromatic amines is 1. The second-order valence-electron chi connectivity index (χ2n) is 9.35. The zero-order valence-electron chi connectivity index (χ0n) is 18.1. The van der Waals surface area contributed by atoms with Crippen molar-refractivity contribution in [2.45, 2.75) is 46.0 Å². The van der Waals surface area contributed by atoms with Gasteiger partial charge in [0.2, 0.25) is 0 Å². The Kier molecular flexibility index (Phi) is 4.89. The van der Waals surface area contributed by atoms with E-state index < -0.39 is 0 Å². The molecular weight excluding hydrogens is 450 g/mol. The summed E-state index contributed by atoms with van der Waals surface area (Å²) in [6, 6.07) is 16.9. The lowest BCUT2D eigenvalue weighted by Crippen LogP contribution is -2.33. The summed E-state index contributed by atoms with van der Waals surface area (Å²) in [5.41, 5.74) is 7.37. The number of carbonyl (C=O) groups is 1. The summed E-state index contributed by atoms with van der Waals surface area (Å²) >= 11 is 3.54. The molecule has 0 fully saturated rings. The number of allylic oxidation sites excluding steroid dienone is 2. The average Bonchev–Trinajstić information content (AvgIpc) is 3.15. The van der Waals surface area contributed by atoms with Crippen LogP contribution >= 0.6 is 15.9 Å². The number of nitrogens with one attached hydrogen (secondary N) is 2. The highest BCUT2D eigenvalue weighted by Crippen LogP contribution is 2.50. The van der Waals surface area contributed by atoms with E-state index in [1.54, 1.807) is 0 Å². The van der Waals surface area contributed by atoms with Crippen molar-refractivity contribution >= 4 is 27.5 Å². The molecule has 5 heteroatoms. The third-order valence-corrected chi connectivity index (χ3v) is 6.95. The lowest BCUT2D eigenvalue weighted by atomic mass is 9.69. The molecular formula is C26H26BrN3O.